The zero-order chi connectivity index (χ0) is 42.4. The largest absolute Gasteiger partial charge is 0.497 e. The van der Waals surface area contributed by atoms with E-state index in [1.54, 1.807) is 37.3 Å². The van der Waals surface area contributed by atoms with E-state index in [1.807, 2.05) is 13.0 Å². The number of nitrogens with zero attached hydrogens (tertiary/aromatic N) is 2. The van der Waals surface area contributed by atoms with Crippen LogP contribution in [0.3, 0.4) is 0 Å². The minimum absolute atomic E-state index is 0.0302. The molecule has 3 fully saturated rings. The van der Waals surface area contributed by atoms with Crippen LogP contribution in [-0.4, -0.2) is 96.0 Å². The molecule has 4 aliphatic rings. The summed E-state index contributed by atoms with van der Waals surface area (Å²) in [4.78, 5) is 62.2. The second kappa shape index (κ2) is 15.9. The van der Waals surface area contributed by atoms with E-state index in [9.17, 15) is 40.8 Å². The van der Waals surface area contributed by atoms with E-state index < -0.39 is 85.9 Å². The minimum Gasteiger partial charge on any atom is -0.497 e. The first-order chi connectivity index (χ1) is 27.1. The smallest absolute Gasteiger partial charge is 0.427 e. The maximum Gasteiger partial charge on any atom is 0.427 e. The molecule has 4 amide bonds. The molecule has 1 aromatic carbocycles. The molecule has 0 unspecified atom stereocenters. The third-order valence-corrected chi connectivity index (χ3v) is 14.3. The first-order valence-electron chi connectivity index (χ1n) is 19.6. The van der Waals surface area contributed by atoms with Gasteiger partial charge in [0.05, 0.1) is 18.4 Å². The maximum absolute atomic E-state index is 14.9. The van der Waals surface area contributed by atoms with Gasteiger partial charge in [-0.25, -0.2) is 18.2 Å². The van der Waals surface area contributed by atoms with Crippen LogP contribution >= 0.6 is 0 Å². The van der Waals surface area contributed by atoms with E-state index in [1.165, 1.54) is 25.1 Å². The van der Waals surface area contributed by atoms with Gasteiger partial charge in [-0.2, -0.15) is 13.2 Å². The Labute approximate surface area is 336 Å². The average molecular weight is 836 g/mol. The number of allylic oxidation sites excluding steroid dienone is 1. The van der Waals surface area contributed by atoms with Crippen molar-refractivity contribution in [2.24, 2.45) is 17.8 Å². The zero-order valence-electron chi connectivity index (χ0n) is 33.5. The summed E-state index contributed by atoms with van der Waals surface area (Å²) < 4.78 is 85.4. The maximum atomic E-state index is 14.9. The number of alkyl halides is 3. The number of halogens is 3. The van der Waals surface area contributed by atoms with Gasteiger partial charge in [-0.15, -0.1) is 0 Å². The van der Waals surface area contributed by atoms with Crippen molar-refractivity contribution in [1.82, 2.24) is 25.2 Å². The molecule has 1 saturated heterocycles. The van der Waals surface area contributed by atoms with Crippen LogP contribution in [0.5, 0.6) is 11.6 Å². The molecule has 3 heterocycles. The van der Waals surface area contributed by atoms with Gasteiger partial charge in [-0.05, 0) is 101 Å². The summed E-state index contributed by atoms with van der Waals surface area (Å²) in [6, 6.07) is 4.29. The Kier molecular flexibility index (Phi) is 11.8. The Morgan fingerprint density at radius 3 is 2.50 bits per heavy atom. The van der Waals surface area contributed by atoms with Crippen LogP contribution in [0, 0.1) is 17.8 Å². The summed E-state index contributed by atoms with van der Waals surface area (Å²) in [5, 5.41) is 6.60. The molecule has 2 aromatic rings. The quantitative estimate of drug-likeness (QED) is 0.281. The highest BCUT2D eigenvalue weighted by Gasteiger charge is 2.63. The summed E-state index contributed by atoms with van der Waals surface area (Å²) in [5.41, 5.74) is -4.52. The van der Waals surface area contributed by atoms with Crippen molar-refractivity contribution >= 4 is 44.6 Å². The molecule has 0 radical (unpaired) electrons. The Hall–Kier alpha value is -4.61. The molecule has 18 heteroatoms. The van der Waals surface area contributed by atoms with E-state index >= 15 is 0 Å². The number of sulfonamides is 1. The monoisotopic (exact) mass is 835 g/mol. The van der Waals surface area contributed by atoms with Crippen LogP contribution in [-0.2, 0) is 29.1 Å². The molecule has 2 aliphatic carbocycles. The number of benzene rings is 1. The zero-order valence-corrected chi connectivity index (χ0v) is 34.3. The molecular formula is C40H52F3N5O9S. The SMILES string of the molecule is CC[C@@H]1C[C@H](C)CCC=C[C@@H]2C[C@@]2(C(=O)NS(=O)(=O)C2(C)CC2)NC(=O)[C@@H]2C[C@@H](Oc3nccc4cc(OC)ccc34)CN2C(=O)[C@H]1NC(=O)OC(C)(C)C(F)(F)F. The Morgan fingerprint density at radius 2 is 1.84 bits per heavy atom. The molecule has 2 saturated carbocycles. The highest BCUT2D eigenvalue weighted by atomic mass is 32.2. The van der Waals surface area contributed by atoms with Crippen LogP contribution in [0.25, 0.3) is 10.8 Å². The van der Waals surface area contributed by atoms with E-state index in [0.717, 1.165) is 5.39 Å². The van der Waals surface area contributed by atoms with Crippen molar-refractivity contribution in [3.05, 3.63) is 42.6 Å². The molecule has 6 rings (SSSR count). The summed E-state index contributed by atoms with van der Waals surface area (Å²) in [6.45, 7) is 6.49. The molecule has 318 valence electrons. The lowest BCUT2D eigenvalue weighted by Crippen LogP contribution is -2.60. The van der Waals surface area contributed by atoms with E-state index in [4.69, 9.17) is 14.2 Å². The fourth-order valence-corrected chi connectivity index (χ4v) is 9.08. The summed E-state index contributed by atoms with van der Waals surface area (Å²) >= 11 is 0. The van der Waals surface area contributed by atoms with Crippen molar-refractivity contribution in [3.63, 3.8) is 0 Å². The molecule has 2 aliphatic heterocycles. The van der Waals surface area contributed by atoms with E-state index in [-0.39, 0.29) is 31.2 Å². The molecule has 0 bridgehead atoms. The third kappa shape index (κ3) is 8.71. The van der Waals surface area contributed by atoms with Crippen molar-refractivity contribution in [2.45, 2.75) is 126 Å². The number of pyridine rings is 1. The number of rotatable bonds is 9. The second-order valence-corrected chi connectivity index (χ2v) is 19.1. The summed E-state index contributed by atoms with van der Waals surface area (Å²) in [7, 11) is -2.54. The second-order valence-electron chi connectivity index (χ2n) is 16.9. The van der Waals surface area contributed by atoms with Gasteiger partial charge < -0.3 is 29.7 Å². The minimum atomic E-state index is -4.91. The van der Waals surface area contributed by atoms with Crippen LogP contribution in [0.1, 0.15) is 86.0 Å². The predicted octanol–water partition coefficient (Wildman–Crippen LogP) is 5.30. The molecule has 0 spiro atoms. The van der Waals surface area contributed by atoms with Gasteiger partial charge in [0.1, 0.15) is 29.5 Å². The number of fused-ring (bicyclic) bond motifs is 3. The molecule has 58 heavy (non-hydrogen) atoms. The number of nitrogens with one attached hydrogen (secondary N) is 3. The number of ether oxygens (including phenoxy) is 3. The lowest BCUT2D eigenvalue weighted by molar-refractivity contribution is -0.244. The van der Waals surface area contributed by atoms with Gasteiger partial charge in [0.25, 0.3) is 5.91 Å². The lowest BCUT2D eigenvalue weighted by Gasteiger charge is -2.35. The summed E-state index contributed by atoms with van der Waals surface area (Å²) in [5.74, 6) is -2.78. The van der Waals surface area contributed by atoms with Crippen molar-refractivity contribution < 1.29 is 55.0 Å². The first-order valence-corrected chi connectivity index (χ1v) is 21.1. The topological polar surface area (TPSA) is 182 Å². The number of alkyl carbamates (subject to hydrolysis) is 1. The van der Waals surface area contributed by atoms with Gasteiger partial charge in [0.2, 0.25) is 33.3 Å². The number of hydrogen-bond donors (Lipinski definition) is 3. The molecule has 7 atom stereocenters. The third-order valence-electron chi connectivity index (χ3n) is 12.1. The molecular weight excluding hydrogens is 784 g/mol. The number of amides is 4. The van der Waals surface area contributed by atoms with Gasteiger partial charge in [0.15, 0.2) is 0 Å². The van der Waals surface area contributed by atoms with Crippen molar-refractivity contribution in [2.75, 3.05) is 13.7 Å². The summed E-state index contributed by atoms with van der Waals surface area (Å²) in [6.07, 6.45) is 0.631. The van der Waals surface area contributed by atoms with Crippen molar-refractivity contribution in [1.29, 1.82) is 0 Å². The number of hydrogen-bond acceptors (Lipinski definition) is 10. The van der Waals surface area contributed by atoms with Gasteiger partial charge >= 0.3 is 12.3 Å². The fourth-order valence-electron chi connectivity index (χ4n) is 7.77. The Bertz CT molecular complexity index is 2070. The Morgan fingerprint density at radius 1 is 1.12 bits per heavy atom. The van der Waals surface area contributed by atoms with Gasteiger partial charge in [0, 0.05) is 23.9 Å². The lowest BCUT2D eigenvalue weighted by atomic mass is 9.85. The molecule has 14 nitrogen and oxygen atoms in total. The number of aromatic nitrogens is 1. The van der Waals surface area contributed by atoms with Crippen molar-refractivity contribution in [3.8, 4) is 11.6 Å². The van der Waals surface area contributed by atoms with E-state index in [2.05, 4.69) is 20.3 Å². The van der Waals surface area contributed by atoms with Gasteiger partial charge in [-0.1, -0.05) is 32.4 Å². The molecule has 1 aromatic heterocycles. The highest BCUT2D eigenvalue weighted by Crippen LogP contribution is 2.48. The van der Waals surface area contributed by atoms with Crippen LogP contribution in [0.2, 0.25) is 0 Å². The normalized spacial score (nSPS) is 28.9. The number of methoxy groups -OCH3 is 1. The Balaban J connectivity index is 1.37. The van der Waals surface area contributed by atoms with E-state index in [0.29, 0.717) is 63.5 Å². The predicted molar refractivity (Wildman–Crippen MR) is 206 cm³/mol. The number of carbonyl (C=O) groups is 4. The molecule has 3 N–H and O–H groups in total. The average Bonchev–Trinajstić information content (AvgIpc) is 4.03. The van der Waals surface area contributed by atoms with Gasteiger partial charge in [-0.3, -0.25) is 19.1 Å². The van der Waals surface area contributed by atoms with Crippen LogP contribution in [0.4, 0.5) is 18.0 Å². The standard InChI is InChI=1S/C40H52F3N5O9S/c1-7-24-18-23(2)10-8-9-11-26-21-39(26,35(51)47-58(53,54)38(5)15-16-38)46-32(49)30-20-28(56-33-29-13-12-27(55-6)19-25(29)14-17-44-33)22-48(30)34(50)31(24)45-36(52)57-37(3,4)40(41,42)43/h9,11-14,17,19,23-24,26,28,30-31H,7-8,10,15-16,18,20-22H2,1-6H3,(H,45,52)(H,46,49)(H,47,51)/t23-,24-,26-,28-,30+,31+,39-/m1/s1. The van der Waals surface area contributed by atoms with Crippen LogP contribution in [0.15, 0.2) is 42.6 Å². The fraction of sp³-hybridized carbons (Fsp3) is 0.625. The number of carbonyl (C=O) groups excluding carboxylic acids is 4. The highest BCUT2D eigenvalue weighted by molar-refractivity contribution is 7.91. The first kappa shape index (κ1) is 43.0. The van der Waals surface area contributed by atoms with Crippen LogP contribution < -0.4 is 24.8 Å².